The second-order valence-corrected chi connectivity index (χ2v) is 6.15. The molecule has 18 heavy (non-hydrogen) atoms. The van der Waals surface area contributed by atoms with Crippen LogP contribution in [0.1, 0.15) is 27.2 Å². The largest absolute Gasteiger partial charge is 0.497 e. The van der Waals surface area contributed by atoms with Gasteiger partial charge < -0.3 is 10.5 Å². The molecule has 0 radical (unpaired) electrons. The maximum Gasteiger partial charge on any atom is 0.119 e. The summed E-state index contributed by atoms with van der Waals surface area (Å²) in [5.41, 5.74) is 8.32. The number of nitrogens with two attached hydrogens (primary N) is 1. The quantitative estimate of drug-likeness (QED) is 0.937. The molecular weight excluding hydrogens is 312 g/mol. The van der Waals surface area contributed by atoms with Crippen molar-refractivity contribution in [3.8, 4) is 5.75 Å². The maximum atomic E-state index is 6.29. The molecule has 1 heterocycles. The lowest BCUT2D eigenvalue weighted by atomic mass is 10.1. The first-order chi connectivity index (χ1) is 8.52. The number of halogens is 1. The Bertz CT molecular complexity index is 549. The van der Waals surface area contributed by atoms with Gasteiger partial charge >= 0.3 is 0 Å². The fourth-order valence-electron chi connectivity index (χ4n) is 1.65. The summed E-state index contributed by atoms with van der Waals surface area (Å²) in [5.74, 6) is 0.800. The highest BCUT2D eigenvalue weighted by molar-refractivity contribution is 9.10. The highest BCUT2D eigenvalue weighted by atomic mass is 79.9. The van der Waals surface area contributed by atoms with Crippen molar-refractivity contribution in [2.24, 2.45) is 5.73 Å². The van der Waals surface area contributed by atoms with E-state index in [1.165, 1.54) is 4.88 Å². The topological polar surface area (TPSA) is 48.1 Å². The van der Waals surface area contributed by atoms with E-state index in [0.717, 1.165) is 26.5 Å². The molecule has 2 rings (SSSR count). The van der Waals surface area contributed by atoms with E-state index in [4.69, 9.17) is 10.5 Å². The molecule has 0 saturated carbocycles. The van der Waals surface area contributed by atoms with Crippen molar-refractivity contribution in [2.75, 3.05) is 7.11 Å². The molecule has 96 valence electrons. The standard InChI is InChI=1S/C13H15BrN2OS/c1-7-8(2)18-13(16-7)12(15)10-6-9(17-3)4-5-11(10)14/h4-6,12H,15H2,1-3H3. The molecule has 2 aromatic rings. The molecule has 1 unspecified atom stereocenters. The number of methoxy groups -OCH3 is 1. The molecule has 0 aliphatic carbocycles. The van der Waals surface area contributed by atoms with Gasteiger partial charge in [0.1, 0.15) is 10.8 Å². The van der Waals surface area contributed by atoms with Crippen LogP contribution in [0.25, 0.3) is 0 Å². The number of rotatable bonds is 3. The molecule has 1 aromatic carbocycles. The summed E-state index contributed by atoms with van der Waals surface area (Å²) in [5, 5.41) is 0.930. The lowest BCUT2D eigenvalue weighted by molar-refractivity contribution is 0.414. The van der Waals surface area contributed by atoms with Crippen LogP contribution in [0.3, 0.4) is 0 Å². The summed E-state index contributed by atoms with van der Waals surface area (Å²) >= 11 is 5.17. The van der Waals surface area contributed by atoms with Crippen LogP contribution in [0.15, 0.2) is 22.7 Å². The molecule has 0 bridgehead atoms. The van der Waals surface area contributed by atoms with Crippen molar-refractivity contribution in [1.82, 2.24) is 4.98 Å². The number of benzene rings is 1. The summed E-state index contributed by atoms with van der Waals surface area (Å²) < 4.78 is 6.20. The van der Waals surface area contributed by atoms with Crippen LogP contribution < -0.4 is 10.5 Å². The van der Waals surface area contributed by atoms with Crippen molar-refractivity contribution < 1.29 is 4.74 Å². The second kappa shape index (κ2) is 5.38. The van der Waals surface area contributed by atoms with Gasteiger partial charge in [0.05, 0.1) is 18.8 Å². The molecule has 1 aromatic heterocycles. The molecule has 0 amide bonds. The fourth-order valence-corrected chi connectivity index (χ4v) is 3.09. The van der Waals surface area contributed by atoms with Crippen molar-refractivity contribution in [1.29, 1.82) is 0 Å². The zero-order valence-corrected chi connectivity index (χ0v) is 12.9. The van der Waals surface area contributed by atoms with E-state index in [1.54, 1.807) is 18.4 Å². The molecular formula is C13H15BrN2OS. The predicted molar refractivity (Wildman–Crippen MR) is 78.3 cm³/mol. The molecule has 0 aliphatic rings. The first-order valence-corrected chi connectivity index (χ1v) is 7.17. The van der Waals surface area contributed by atoms with Gasteiger partial charge in [0, 0.05) is 9.35 Å². The number of aryl methyl sites for hydroxylation is 2. The average molecular weight is 327 g/mol. The Morgan fingerprint density at radius 2 is 2.11 bits per heavy atom. The van der Waals surface area contributed by atoms with Gasteiger partial charge in [-0.3, -0.25) is 0 Å². The van der Waals surface area contributed by atoms with E-state index in [2.05, 4.69) is 27.8 Å². The third-order valence-electron chi connectivity index (χ3n) is 2.85. The SMILES string of the molecule is COc1ccc(Br)c(C(N)c2nc(C)c(C)s2)c1. The highest BCUT2D eigenvalue weighted by Gasteiger charge is 2.17. The van der Waals surface area contributed by atoms with Gasteiger partial charge in [-0.05, 0) is 37.6 Å². The average Bonchev–Trinajstić information content (AvgIpc) is 2.69. The zero-order valence-electron chi connectivity index (χ0n) is 10.5. The highest BCUT2D eigenvalue weighted by Crippen LogP contribution is 2.32. The van der Waals surface area contributed by atoms with E-state index >= 15 is 0 Å². The van der Waals surface area contributed by atoms with Gasteiger partial charge in [0.25, 0.3) is 0 Å². The molecule has 2 N–H and O–H groups in total. The fraction of sp³-hybridized carbons (Fsp3) is 0.308. The number of ether oxygens (including phenoxy) is 1. The number of hydrogen-bond acceptors (Lipinski definition) is 4. The lowest BCUT2D eigenvalue weighted by Gasteiger charge is -2.12. The summed E-state index contributed by atoms with van der Waals surface area (Å²) in [6.07, 6.45) is 0. The van der Waals surface area contributed by atoms with E-state index in [9.17, 15) is 0 Å². The Labute approximate surface area is 119 Å². The number of thiazole rings is 1. The predicted octanol–water partition coefficient (Wildman–Crippen LogP) is 3.58. The maximum absolute atomic E-state index is 6.29. The first kappa shape index (κ1) is 13.5. The Balaban J connectivity index is 2.41. The molecule has 0 saturated heterocycles. The van der Waals surface area contributed by atoms with Crippen molar-refractivity contribution in [3.05, 3.63) is 43.8 Å². The molecule has 0 spiro atoms. The van der Waals surface area contributed by atoms with E-state index in [-0.39, 0.29) is 6.04 Å². The normalized spacial score (nSPS) is 12.5. The Morgan fingerprint density at radius 1 is 1.39 bits per heavy atom. The molecule has 0 aliphatic heterocycles. The van der Waals surface area contributed by atoms with Gasteiger partial charge in [0.15, 0.2) is 0 Å². The number of nitrogens with zero attached hydrogens (tertiary/aromatic N) is 1. The van der Waals surface area contributed by atoms with Gasteiger partial charge in [-0.15, -0.1) is 11.3 Å². The van der Waals surface area contributed by atoms with Gasteiger partial charge in [0.2, 0.25) is 0 Å². The molecule has 1 atom stereocenters. The Kier molecular flexibility index (Phi) is 4.04. The number of aromatic nitrogens is 1. The van der Waals surface area contributed by atoms with Crippen LogP contribution in [0.5, 0.6) is 5.75 Å². The number of hydrogen-bond donors (Lipinski definition) is 1. The third kappa shape index (κ3) is 2.58. The summed E-state index contributed by atoms with van der Waals surface area (Å²) in [6.45, 7) is 4.06. The zero-order chi connectivity index (χ0) is 13.3. The van der Waals surface area contributed by atoms with Gasteiger partial charge in [-0.25, -0.2) is 4.98 Å². The van der Waals surface area contributed by atoms with Crippen LogP contribution in [0.2, 0.25) is 0 Å². The lowest BCUT2D eigenvalue weighted by Crippen LogP contribution is -2.12. The monoisotopic (exact) mass is 326 g/mol. The van der Waals surface area contributed by atoms with E-state index in [0.29, 0.717) is 0 Å². The molecule has 5 heteroatoms. The smallest absolute Gasteiger partial charge is 0.119 e. The summed E-state index contributed by atoms with van der Waals surface area (Å²) in [7, 11) is 1.65. The molecule has 0 fully saturated rings. The minimum Gasteiger partial charge on any atom is -0.497 e. The van der Waals surface area contributed by atoms with Crippen LogP contribution >= 0.6 is 27.3 Å². The first-order valence-electron chi connectivity index (χ1n) is 5.56. The Hall–Kier alpha value is -0.910. The molecule has 3 nitrogen and oxygen atoms in total. The van der Waals surface area contributed by atoms with E-state index < -0.39 is 0 Å². The van der Waals surface area contributed by atoms with Gasteiger partial charge in [-0.2, -0.15) is 0 Å². The van der Waals surface area contributed by atoms with Crippen LogP contribution in [-0.2, 0) is 0 Å². The van der Waals surface area contributed by atoms with Crippen molar-refractivity contribution in [3.63, 3.8) is 0 Å². The second-order valence-electron chi connectivity index (χ2n) is 4.06. The van der Waals surface area contributed by atoms with Gasteiger partial charge in [-0.1, -0.05) is 15.9 Å². The summed E-state index contributed by atoms with van der Waals surface area (Å²) in [6, 6.07) is 5.56. The minimum atomic E-state index is -0.230. The Morgan fingerprint density at radius 3 is 2.67 bits per heavy atom. The van der Waals surface area contributed by atoms with Crippen LogP contribution in [0.4, 0.5) is 0 Å². The minimum absolute atomic E-state index is 0.230. The van der Waals surface area contributed by atoms with Crippen LogP contribution in [0, 0.1) is 13.8 Å². The van der Waals surface area contributed by atoms with E-state index in [1.807, 2.05) is 25.1 Å². The summed E-state index contributed by atoms with van der Waals surface area (Å²) in [4.78, 5) is 5.72. The van der Waals surface area contributed by atoms with Crippen molar-refractivity contribution in [2.45, 2.75) is 19.9 Å². The van der Waals surface area contributed by atoms with Crippen molar-refractivity contribution >= 4 is 27.3 Å². The third-order valence-corrected chi connectivity index (χ3v) is 4.73. The van der Waals surface area contributed by atoms with Crippen LogP contribution in [-0.4, -0.2) is 12.1 Å².